The molecule has 2 saturated heterocycles. The Kier molecular flexibility index (Phi) is 8.08. The minimum atomic E-state index is -4.90. The third kappa shape index (κ3) is 5.71. The van der Waals surface area contributed by atoms with Gasteiger partial charge in [0.25, 0.3) is 11.1 Å². The fourth-order valence-corrected chi connectivity index (χ4v) is 6.44. The first-order chi connectivity index (χ1) is 24.5. The number of ether oxygens (including phenoxy) is 3. The van der Waals surface area contributed by atoms with Crippen molar-refractivity contribution in [2.24, 2.45) is 0 Å². The normalized spacial score (nSPS) is 27.8. The van der Waals surface area contributed by atoms with Crippen LogP contribution in [0, 0.1) is 0 Å². The lowest BCUT2D eigenvalue weighted by molar-refractivity contribution is -0.0515. The van der Waals surface area contributed by atoms with E-state index in [1.807, 2.05) is 0 Å². The van der Waals surface area contributed by atoms with Crippen molar-refractivity contribution < 1.29 is 53.2 Å². The van der Waals surface area contributed by atoms with Crippen LogP contribution in [0.5, 0.6) is 5.88 Å². The maximum absolute atomic E-state index is 12.7. The topological polar surface area (TPSA) is 335 Å². The Morgan fingerprint density at radius 2 is 1.25 bits per heavy atom. The van der Waals surface area contributed by atoms with Gasteiger partial charge >= 0.3 is 7.82 Å². The predicted molar refractivity (Wildman–Crippen MR) is 161 cm³/mol. The van der Waals surface area contributed by atoms with Crippen molar-refractivity contribution in [2.75, 3.05) is 13.2 Å². The molecular weight excluding hydrogens is 707 g/mol. The Morgan fingerprint density at radius 1 is 0.706 bits per heavy atom. The second-order valence-corrected chi connectivity index (χ2v) is 12.6. The molecule has 0 bridgehead atoms. The number of phosphoric acid groups is 1. The van der Waals surface area contributed by atoms with Gasteiger partial charge in [-0.05, 0) is 0 Å². The highest BCUT2D eigenvalue weighted by molar-refractivity contribution is 7.47. The van der Waals surface area contributed by atoms with Crippen LogP contribution in [0.2, 0.25) is 0 Å². The molecule has 0 saturated carbocycles. The SMILES string of the molecule is O=c1[nH]cnc2c1ncn2OP(=O)(O)OC[C@H]1O[C@@H](n2cnc3c(OC[C@H]4O[C@@H](n5cnc6c(=O)[nH]cnc65)C(O)C4O)ncnc32)C(O)C1O. The summed E-state index contributed by atoms with van der Waals surface area (Å²) in [6.45, 7) is -1.04. The van der Waals surface area contributed by atoms with Crippen molar-refractivity contribution in [3.05, 3.63) is 58.7 Å². The second kappa shape index (κ2) is 12.5. The van der Waals surface area contributed by atoms with Crippen LogP contribution in [0.3, 0.4) is 0 Å². The van der Waals surface area contributed by atoms with Gasteiger partial charge in [0.1, 0.15) is 55.9 Å². The summed E-state index contributed by atoms with van der Waals surface area (Å²) in [7, 11) is -4.90. The lowest BCUT2D eigenvalue weighted by Gasteiger charge is -2.18. The number of aliphatic hydroxyl groups excluding tert-OH is 4. The Balaban J connectivity index is 0.934. The first kappa shape index (κ1) is 32.9. The molecule has 2 fully saturated rings. The van der Waals surface area contributed by atoms with Crippen LogP contribution in [-0.2, 0) is 18.6 Å². The van der Waals surface area contributed by atoms with Crippen LogP contribution in [0.4, 0.5) is 0 Å². The quantitative estimate of drug-likeness (QED) is 0.0665. The van der Waals surface area contributed by atoms with Crippen molar-refractivity contribution in [3.8, 4) is 5.88 Å². The molecule has 6 aromatic rings. The molecule has 5 unspecified atom stereocenters. The maximum Gasteiger partial charge on any atom is 0.546 e. The third-order valence-corrected chi connectivity index (χ3v) is 9.06. The van der Waals surface area contributed by atoms with Crippen LogP contribution < -0.4 is 20.5 Å². The zero-order chi connectivity index (χ0) is 35.6. The molecule has 8 rings (SSSR count). The molecule has 9 atom stereocenters. The van der Waals surface area contributed by atoms with Gasteiger partial charge in [0, 0.05) is 0 Å². The highest BCUT2D eigenvalue weighted by atomic mass is 31.2. The number of fused-ring (bicyclic) bond motifs is 3. The molecule has 26 heteroatoms. The second-order valence-electron chi connectivity index (χ2n) is 11.3. The average molecular weight is 733 g/mol. The smallest absolute Gasteiger partial charge is 0.473 e. The average Bonchev–Trinajstić information content (AvgIpc) is 3.93. The van der Waals surface area contributed by atoms with Crippen LogP contribution in [0.15, 0.2) is 47.6 Å². The summed E-state index contributed by atoms with van der Waals surface area (Å²) in [6.07, 6.45) is -4.18. The van der Waals surface area contributed by atoms with Gasteiger partial charge in [-0.3, -0.25) is 28.1 Å². The minimum Gasteiger partial charge on any atom is -0.473 e. The molecule has 6 aromatic heterocycles. The summed E-state index contributed by atoms with van der Waals surface area (Å²) >= 11 is 0. The van der Waals surface area contributed by atoms with Crippen molar-refractivity contribution >= 4 is 41.3 Å². The fraction of sp³-hybridized carbons (Fsp3) is 0.400. The van der Waals surface area contributed by atoms with Gasteiger partial charge in [0.2, 0.25) is 11.5 Å². The molecule has 0 aliphatic carbocycles. The van der Waals surface area contributed by atoms with Crippen LogP contribution in [0.1, 0.15) is 12.5 Å². The molecule has 268 valence electrons. The zero-order valence-corrected chi connectivity index (χ0v) is 26.3. The predicted octanol–water partition coefficient (Wildman–Crippen LogP) is -3.74. The van der Waals surface area contributed by atoms with Crippen molar-refractivity contribution in [2.45, 2.75) is 49.1 Å². The van der Waals surface area contributed by atoms with Crippen molar-refractivity contribution in [1.29, 1.82) is 0 Å². The number of nitrogens with zero attached hydrogens (tertiary/aromatic N) is 10. The molecular formula is C25H25N12O13P. The molecule has 0 amide bonds. The van der Waals surface area contributed by atoms with Crippen LogP contribution in [-0.4, -0.2) is 134 Å². The van der Waals surface area contributed by atoms with Crippen molar-refractivity contribution in [3.63, 3.8) is 0 Å². The largest absolute Gasteiger partial charge is 0.546 e. The van der Waals surface area contributed by atoms with E-state index in [4.69, 9.17) is 23.4 Å². The summed E-state index contributed by atoms with van der Waals surface area (Å²) < 4.78 is 43.3. The van der Waals surface area contributed by atoms with E-state index in [1.54, 1.807) is 0 Å². The number of aliphatic hydroxyl groups is 4. The van der Waals surface area contributed by atoms with E-state index in [2.05, 4.69) is 44.9 Å². The Morgan fingerprint density at radius 3 is 1.92 bits per heavy atom. The van der Waals surface area contributed by atoms with E-state index in [-0.39, 0.29) is 46.0 Å². The number of H-pyrrole nitrogens is 2. The molecule has 0 aromatic carbocycles. The molecule has 0 radical (unpaired) electrons. The van der Waals surface area contributed by atoms with E-state index >= 15 is 0 Å². The summed E-state index contributed by atoms with van der Waals surface area (Å²) in [5.41, 5.74) is -1.08. The number of hydrogen-bond donors (Lipinski definition) is 7. The number of imidazole rings is 3. The highest BCUT2D eigenvalue weighted by Gasteiger charge is 2.47. The number of rotatable bonds is 10. The van der Waals surface area contributed by atoms with Crippen LogP contribution in [0.25, 0.3) is 33.5 Å². The molecule has 51 heavy (non-hydrogen) atoms. The van der Waals surface area contributed by atoms with Gasteiger partial charge in [-0.15, -0.1) is 4.73 Å². The molecule has 2 aliphatic rings. The molecule has 7 N–H and O–H groups in total. The first-order valence-electron chi connectivity index (χ1n) is 14.8. The lowest BCUT2D eigenvalue weighted by Crippen LogP contribution is -2.34. The van der Waals surface area contributed by atoms with E-state index in [0.29, 0.717) is 4.73 Å². The third-order valence-electron chi connectivity index (χ3n) is 8.20. The van der Waals surface area contributed by atoms with E-state index in [1.165, 1.54) is 28.1 Å². The summed E-state index contributed by atoms with van der Waals surface area (Å²) in [6, 6.07) is 0. The Bertz CT molecular complexity index is 2410. The molecule has 2 aliphatic heterocycles. The fourth-order valence-electron chi connectivity index (χ4n) is 5.71. The van der Waals surface area contributed by atoms with E-state index < -0.39 is 74.6 Å². The highest BCUT2D eigenvalue weighted by Crippen LogP contribution is 2.42. The maximum atomic E-state index is 12.7. The summed E-state index contributed by atoms with van der Waals surface area (Å²) in [5, 5.41) is 42.9. The van der Waals surface area contributed by atoms with Gasteiger partial charge in [-0.1, -0.05) is 0 Å². The summed E-state index contributed by atoms with van der Waals surface area (Å²) in [5.74, 6) is -0.0661. The van der Waals surface area contributed by atoms with Gasteiger partial charge in [-0.25, -0.2) is 34.5 Å². The minimum absolute atomic E-state index is 0.0172. The van der Waals surface area contributed by atoms with Crippen molar-refractivity contribution in [1.82, 2.24) is 58.7 Å². The van der Waals surface area contributed by atoms with E-state index in [9.17, 15) is 39.5 Å². The van der Waals surface area contributed by atoms with E-state index in [0.717, 1.165) is 19.0 Å². The standard InChI is InChI=1S/C25H25N12O13P/c38-14-9(48-24(16(14)40)35-6-32-11-18(35)26-3-29-21(11)42)1-46-23-13-19(27-5-31-23)36(7-33-13)25-17(41)15(39)10(49-25)2-47-51(44,45)50-37-8-34-12-20(37)28-4-30-22(12)43/h3-10,14-17,24-25,38-41H,1-2H2,(H,44,45)(H,26,29,42)(H,28,30,43)/t9-,10-,14?,15?,16?,17?,24-,25-/m1/s1. The van der Waals surface area contributed by atoms with Gasteiger partial charge in [0.15, 0.2) is 40.3 Å². The zero-order valence-electron chi connectivity index (χ0n) is 25.4. The number of aromatic amines is 2. The molecule has 8 heterocycles. The number of aromatic nitrogens is 12. The van der Waals surface area contributed by atoms with Crippen LogP contribution >= 0.6 is 7.82 Å². The van der Waals surface area contributed by atoms with Gasteiger partial charge < -0.3 is 49.2 Å². The first-order valence-corrected chi connectivity index (χ1v) is 16.3. The Labute approximate surface area is 280 Å². The van der Waals surface area contributed by atoms with Gasteiger partial charge in [-0.2, -0.15) is 4.98 Å². The number of phosphoric ester groups is 1. The number of nitrogens with one attached hydrogen (secondary N) is 2. The summed E-state index contributed by atoms with van der Waals surface area (Å²) in [4.78, 5) is 67.0. The Hall–Kier alpha value is -5.24. The lowest BCUT2D eigenvalue weighted by atomic mass is 10.1. The van der Waals surface area contributed by atoms with Gasteiger partial charge in [0.05, 0.1) is 31.9 Å². The molecule has 0 spiro atoms. The monoisotopic (exact) mass is 732 g/mol. The molecule has 25 nitrogen and oxygen atoms in total. The number of hydrogen-bond acceptors (Lipinski definition) is 19.